The Kier molecular flexibility index (Phi) is 5.23. The minimum Gasteiger partial charge on any atom is -0.349 e. The lowest BCUT2D eigenvalue weighted by Crippen LogP contribution is -2.37. The van der Waals surface area contributed by atoms with Crippen LogP contribution in [0.25, 0.3) is 0 Å². The average molecular weight is 365 g/mol. The summed E-state index contributed by atoms with van der Waals surface area (Å²) in [5.74, 6) is -0.756. The van der Waals surface area contributed by atoms with Crippen LogP contribution in [-0.4, -0.2) is 37.3 Å². The van der Waals surface area contributed by atoms with E-state index in [4.69, 9.17) is 0 Å². The van der Waals surface area contributed by atoms with E-state index in [1.807, 2.05) is 0 Å². The topological polar surface area (TPSA) is 106 Å². The zero-order chi connectivity index (χ0) is 15.5. The third-order valence-electron chi connectivity index (χ3n) is 2.34. The van der Waals surface area contributed by atoms with Crippen molar-refractivity contribution in [3.05, 3.63) is 38.3 Å². The molecular weight excluding hydrogens is 352 g/mol. The van der Waals surface area contributed by atoms with Gasteiger partial charge in [0.25, 0.3) is 11.6 Å². The highest BCUT2D eigenvalue weighted by Gasteiger charge is 2.18. The summed E-state index contributed by atoms with van der Waals surface area (Å²) >= 11 is 3.02. The number of halogens is 1. The molecule has 1 N–H and O–H groups in total. The first-order valence-corrected chi connectivity index (χ1v) is 8.38. The highest BCUT2D eigenvalue weighted by atomic mass is 79.9. The first kappa shape index (κ1) is 16.6. The van der Waals surface area contributed by atoms with Crippen LogP contribution < -0.4 is 5.32 Å². The van der Waals surface area contributed by atoms with Gasteiger partial charge in [0, 0.05) is 23.9 Å². The summed E-state index contributed by atoms with van der Waals surface area (Å²) in [5.41, 5.74) is -0.131. The number of hydrogen-bond donors (Lipinski definition) is 1. The molecule has 1 amide bonds. The fraction of sp³-hybridized carbons (Fsp3) is 0.364. The Morgan fingerprint density at radius 3 is 2.60 bits per heavy atom. The van der Waals surface area contributed by atoms with E-state index < -0.39 is 26.7 Å². The molecule has 0 aliphatic rings. The first-order chi connectivity index (χ1) is 9.10. The Hall–Kier alpha value is -1.48. The summed E-state index contributed by atoms with van der Waals surface area (Å²) in [6, 6.07) is 3.36. The molecule has 0 saturated carbocycles. The number of carbonyl (C=O) groups is 1. The number of rotatable bonds is 5. The normalized spacial score (nSPS) is 12.8. The van der Waals surface area contributed by atoms with Crippen LogP contribution in [0.15, 0.2) is 22.7 Å². The van der Waals surface area contributed by atoms with Gasteiger partial charge in [-0.1, -0.05) is 0 Å². The molecule has 1 rings (SSSR count). The van der Waals surface area contributed by atoms with Crippen LogP contribution in [0.4, 0.5) is 5.69 Å². The van der Waals surface area contributed by atoms with Gasteiger partial charge in [-0.2, -0.15) is 0 Å². The Morgan fingerprint density at radius 2 is 2.10 bits per heavy atom. The molecule has 1 aromatic carbocycles. The van der Waals surface area contributed by atoms with E-state index in [0.29, 0.717) is 0 Å². The molecule has 0 aromatic heterocycles. The zero-order valence-corrected chi connectivity index (χ0v) is 13.2. The van der Waals surface area contributed by atoms with Gasteiger partial charge >= 0.3 is 0 Å². The van der Waals surface area contributed by atoms with Crippen molar-refractivity contribution < 1.29 is 18.1 Å². The molecule has 0 heterocycles. The Morgan fingerprint density at radius 1 is 1.50 bits per heavy atom. The summed E-state index contributed by atoms with van der Waals surface area (Å²) in [6.07, 6.45) is 1.07. The molecule has 0 aliphatic heterocycles. The number of amides is 1. The number of nitro benzene ring substituents is 1. The van der Waals surface area contributed by atoms with E-state index >= 15 is 0 Å². The number of sulfone groups is 1. The zero-order valence-electron chi connectivity index (χ0n) is 10.8. The predicted molar refractivity (Wildman–Crippen MR) is 77.4 cm³/mol. The largest absolute Gasteiger partial charge is 0.349 e. The van der Waals surface area contributed by atoms with Crippen LogP contribution in [0, 0.1) is 10.1 Å². The van der Waals surface area contributed by atoms with Gasteiger partial charge in [-0.15, -0.1) is 0 Å². The fourth-order valence-corrected chi connectivity index (χ4v) is 2.98. The quantitative estimate of drug-likeness (QED) is 0.629. The van der Waals surface area contributed by atoms with Gasteiger partial charge < -0.3 is 5.32 Å². The smallest absolute Gasteiger partial charge is 0.284 e. The molecule has 0 aliphatic carbocycles. The summed E-state index contributed by atoms with van der Waals surface area (Å²) in [5, 5.41) is 13.3. The standard InChI is InChI=1S/C11H13BrN2O5S/c1-7(6-20(2,18)19)13-11(15)8-3-4-9(12)10(5-8)14(16)17/h3-5,7H,6H2,1-2H3,(H,13,15). The molecule has 1 unspecified atom stereocenters. The van der Waals surface area contributed by atoms with E-state index in [2.05, 4.69) is 21.2 Å². The summed E-state index contributed by atoms with van der Waals surface area (Å²) in [6.45, 7) is 1.55. The number of nitrogens with zero attached hydrogens (tertiary/aromatic N) is 1. The fourth-order valence-electron chi connectivity index (χ4n) is 1.60. The lowest BCUT2D eigenvalue weighted by molar-refractivity contribution is -0.385. The summed E-state index contributed by atoms with van der Waals surface area (Å²) in [7, 11) is -3.21. The molecular formula is C11H13BrN2O5S. The van der Waals surface area contributed by atoms with Gasteiger partial charge in [-0.25, -0.2) is 8.42 Å². The minimum atomic E-state index is -3.21. The van der Waals surface area contributed by atoms with E-state index in [0.717, 1.165) is 12.3 Å². The lowest BCUT2D eigenvalue weighted by atomic mass is 10.2. The monoisotopic (exact) mass is 364 g/mol. The van der Waals surface area contributed by atoms with Gasteiger partial charge in [-0.3, -0.25) is 14.9 Å². The first-order valence-electron chi connectivity index (χ1n) is 5.52. The molecule has 20 heavy (non-hydrogen) atoms. The van der Waals surface area contributed by atoms with Crippen LogP contribution >= 0.6 is 15.9 Å². The van der Waals surface area contributed by atoms with E-state index in [1.165, 1.54) is 12.1 Å². The number of nitro groups is 1. The van der Waals surface area contributed by atoms with Crippen molar-refractivity contribution in [2.75, 3.05) is 12.0 Å². The second-order valence-corrected chi connectivity index (χ2v) is 7.43. The minimum absolute atomic E-state index is 0.0975. The molecule has 9 heteroatoms. The van der Waals surface area contributed by atoms with Crippen molar-refractivity contribution >= 4 is 37.4 Å². The number of carbonyl (C=O) groups excluding carboxylic acids is 1. The highest BCUT2D eigenvalue weighted by Crippen LogP contribution is 2.25. The maximum absolute atomic E-state index is 11.9. The van der Waals surface area contributed by atoms with Crippen LogP contribution in [0.3, 0.4) is 0 Å². The van der Waals surface area contributed by atoms with E-state index in [9.17, 15) is 23.3 Å². The highest BCUT2D eigenvalue weighted by molar-refractivity contribution is 9.10. The third kappa shape index (κ3) is 4.89. The van der Waals surface area contributed by atoms with E-state index in [1.54, 1.807) is 6.92 Å². The lowest BCUT2D eigenvalue weighted by Gasteiger charge is -2.12. The average Bonchev–Trinajstić information content (AvgIpc) is 2.26. The molecule has 0 saturated heterocycles. The molecule has 7 nitrogen and oxygen atoms in total. The maximum atomic E-state index is 11.9. The van der Waals surface area contributed by atoms with Gasteiger partial charge in [-0.05, 0) is 35.0 Å². The van der Waals surface area contributed by atoms with Crippen LogP contribution in [-0.2, 0) is 9.84 Å². The van der Waals surface area contributed by atoms with Crippen LogP contribution in [0.2, 0.25) is 0 Å². The SMILES string of the molecule is CC(CS(C)(=O)=O)NC(=O)c1ccc(Br)c([N+](=O)[O-])c1. The number of nitrogens with one attached hydrogen (secondary N) is 1. The van der Waals surface area contributed by atoms with Crippen molar-refractivity contribution in [2.24, 2.45) is 0 Å². The van der Waals surface area contributed by atoms with Gasteiger partial charge in [0.2, 0.25) is 0 Å². The number of hydrogen-bond acceptors (Lipinski definition) is 5. The molecule has 1 atom stereocenters. The number of benzene rings is 1. The van der Waals surface area contributed by atoms with E-state index in [-0.39, 0.29) is 21.5 Å². The van der Waals surface area contributed by atoms with Crippen LogP contribution in [0.5, 0.6) is 0 Å². The van der Waals surface area contributed by atoms with Gasteiger partial charge in [0.1, 0.15) is 9.84 Å². The molecule has 110 valence electrons. The molecule has 0 radical (unpaired) electrons. The molecule has 0 fully saturated rings. The summed E-state index contributed by atoms with van der Waals surface area (Å²) < 4.78 is 22.5. The van der Waals surface area contributed by atoms with Crippen molar-refractivity contribution in [1.82, 2.24) is 5.32 Å². The third-order valence-corrected chi connectivity index (χ3v) is 4.11. The second kappa shape index (κ2) is 6.31. The molecule has 0 spiro atoms. The maximum Gasteiger partial charge on any atom is 0.284 e. The van der Waals surface area contributed by atoms with Crippen LogP contribution in [0.1, 0.15) is 17.3 Å². The van der Waals surface area contributed by atoms with Gasteiger partial charge in [0.15, 0.2) is 0 Å². The summed E-state index contributed by atoms with van der Waals surface area (Å²) in [4.78, 5) is 22.0. The molecule has 1 aromatic rings. The van der Waals surface area contributed by atoms with Crippen molar-refractivity contribution in [3.8, 4) is 0 Å². The van der Waals surface area contributed by atoms with Crippen molar-refractivity contribution in [1.29, 1.82) is 0 Å². The van der Waals surface area contributed by atoms with Gasteiger partial charge in [0.05, 0.1) is 15.1 Å². The predicted octanol–water partition coefficient (Wildman–Crippen LogP) is 1.52. The second-order valence-electron chi connectivity index (χ2n) is 4.39. The Balaban J connectivity index is 2.88. The molecule has 0 bridgehead atoms. The van der Waals surface area contributed by atoms with Crippen molar-refractivity contribution in [3.63, 3.8) is 0 Å². The Labute approximate surface area is 124 Å². The Bertz CT molecular complexity index is 644. The van der Waals surface area contributed by atoms with Crippen molar-refractivity contribution in [2.45, 2.75) is 13.0 Å².